The van der Waals surface area contributed by atoms with Gasteiger partial charge in [-0.25, -0.2) is 0 Å². The number of rotatable bonds is 1. The molecule has 1 aliphatic rings. The minimum absolute atomic E-state index is 0. The summed E-state index contributed by atoms with van der Waals surface area (Å²) < 4.78 is 37.0. The van der Waals surface area contributed by atoms with Crippen molar-refractivity contribution >= 4 is 18.2 Å². The first-order chi connectivity index (χ1) is 6.48. The molecule has 0 bridgehead atoms. The van der Waals surface area contributed by atoms with Crippen LogP contribution in [0.25, 0.3) is 0 Å². The molecule has 1 aliphatic carbocycles. The first kappa shape index (κ1) is 13.4. The summed E-state index contributed by atoms with van der Waals surface area (Å²) in [5.74, 6) is -0.0544. The molecule has 0 heterocycles. The number of carbonyl (C=O) groups is 1. The van der Waals surface area contributed by atoms with Crippen LogP contribution in [-0.4, -0.2) is 12.8 Å². The zero-order valence-electron chi connectivity index (χ0n) is 8.27. The van der Waals surface area contributed by atoms with Crippen LogP contribution < -0.4 is 56.8 Å². The maximum absolute atomic E-state index is 12.3. The number of Topliss-reactive ketones (excluding diaryl/α,β-unsaturated/α-hetero) is 1. The van der Waals surface area contributed by atoms with Crippen molar-refractivity contribution in [2.75, 3.05) is 0 Å². The predicted molar refractivity (Wildman–Crippen MR) is 47.8 cm³/mol. The van der Waals surface area contributed by atoms with Gasteiger partial charge in [-0.2, -0.15) is 0 Å². The molecule has 0 fully saturated rings. The van der Waals surface area contributed by atoms with Crippen molar-refractivity contribution in [1.29, 1.82) is 0 Å². The van der Waals surface area contributed by atoms with Crippen molar-refractivity contribution in [1.82, 2.24) is 0 Å². The van der Waals surface area contributed by atoms with E-state index < -0.39 is 12.4 Å². The summed E-state index contributed by atoms with van der Waals surface area (Å²) in [6, 6.07) is 3.37. The fraction of sp³-hybridized carbons (Fsp3) is 0.222. The molecule has 2 rings (SSSR count). The van der Waals surface area contributed by atoms with E-state index in [0.29, 0.717) is 24.0 Å². The van der Waals surface area contributed by atoms with E-state index in [1.54, 1.807) is 0 Å². The first-order valence-corrected chi connectivity index (χ1v) is 4.34. The summed E-state index contributed by atoms with van der Waals surface area (Å²) in [6.07, 6.45) is 0.776. The fourth-order valence-corrected chi connectivity index (χ4v) is 1.68. The molecule has 0 unspecified atom stereocenters. The predicted octanol–water partition coefficient (Wildman–Crippen LogP) is -1.13. The van der Waals surface area contributed by atoms with Gasteiger partial charge in [0.1, 0.15) is 0 Å². The standard InChI is InChI=1S/C9H7BF3O.K/c11-10(12,13)7-2-3-8-6(5-7)1-4-9(8)14;/h2-3,5H,1,4H2;/q-1;+1. The minimum atomic E-state index is -4.94. The van der Waals surface area contributed by atoms with E-state index in [0.717, 1.165) is 12.1 Å². The van der Waals surface area contributed by atoms with E-state index in [9.17, 15) is 17.7 Å². The maximum Gasteiger partial charge on any atom is 1.00 e. The molecule has 6 heteroatoms. The van der Waals surface area contributed by atoms with Crippen LogP contribution in [0.1, 0.15) is 22.3 Å². The van der Waals surface area contributed by atoms with Crippen LogP contribution in [0, 0.1) is 0 Å². The van der Waals surface area contributed by atoms with Gasteiger partial charge in [0, 0.05) is 12.0 Å². The smallest absolute Gasteiger partial charge is 0.445 e. The average molecular weight is 238 g/mol. The van der Waals surface area contributed by atoms with E-state index >= 15 is 0 Å². The Morgan fingerprint density at radius 1 is 1.13 bits per heavy atom. The van der Waals surface area contributed by atoms with E-state index in [1.807, 2.05) is 0 Å². The number of ketones is 1. The Morgan fingerprint density at radius 3 is 2.40 bits per heavy atom. The Morgan fingerprint density at radius 2 is 1.80 bits per heavy atom. The van der Waals surface area contributed by atoms with Crippen molar-refractivity contribution in [3.63, 3.8) is 0 Å². The number of hydrogen-bond donors (Lipinski definition) is 0. The molecule has 0 amide bonds. The van der Waals surface area contributed by atoms with E-state index in [4.69, 9.17) is 0 Å². The van der Waals surface area contributed by atoms with Crippen molar-refractivity contribution in [3.8, 4) is 0 Å². The molecule has 0 spiro atoms. The molecule has 0 aliphatic heterocycles. The van der Waals surface area contributed by atoms with E-state index in [1.165, 1.54) is 6.07 Å². The van der Waals surface area contributed by atoms with Crippen LogP contribution in [-0.2, 0) is 6.42 Å². The van der Waals surface area contributed by atoms with Crippen molar-refractivity contribution < 1.29 is 69.1 Å². The molecule has 0 aromatic heterocycles. The monoisotopic (exact) mass is 238 g/mol. The van der Waals surface area contributed by atoms with Crippen molar-refractivity contribution in [3.05, 3.63) is 29.3 Å². The Bertz CT molecular complexity index is 403. The molecule has 0 atom stereocenters. The zero-order valence-corrected chi connectivity index (χ0v) is 11.4. The van der Waals surface area contributed by atoms with Gasteiger partial charge in [0.05, 0.1) is 0 Å². The quantitative estimate of drug-likeness (QED) is 0.566. The first-order valence-electron chi connectivity index (χ1n) is 4.34. The summed E-state index contributed by atoms with van der Waals surface area (Å²) in [7, 11) is 0. The number of hydrogen-bond acceptors (Lipinski definition) is 1. The van der Waals surface area contributed by atoms with Crippen molar-refractivity contribution in [2.24, 2.45) is 0 Å². The topological polar surface area (TPSA) is 17.1 Å². The Balaban J connectivity index is 0.00000112. The molecule has 0 saturated carbocycles. The second-order valence-corrected chi connectivity index (χ2v) is 3.41. The fourth-order valence-electron chi connectivity index (χ4n) is 1.68. The summed E-state index contributed by atoms with van der Waals surface area (Å²) in [5, 5.41) is 0. The molecule has 1 nitrogen and oxygen atoms in total. The Labute approximate surface area is 128 Å². The molecule has 1 aromatic carbocycles. The molecule has 0 N–H and O–H groups in total. The van der Waals surface area contributed by atoms with Gasteiger partial charge >= 0.3 is 58.4 Å². The van der Waals surface area contributed by atoms with Crippen LogP contribution in [0.4, 0.5) is 12.9 Å². The number of carbonyl (C=O) groups excluding carboxylic acids is 1. The third-order valence-electron chi connectivity index (χ3n) is 2.43. The van der Waals surface area contributed by atoms with Gasteiger partial charge in [-0.1, -0.05) is 18.2 Å². The van der Waals surface area contributed by atoms with Crippen LogP contribution in [0.5, 0.6) is 0 Å². The van der Waals surface area contributed by atoms with Gasteiger partial charge in [0.15, 0.2) is 5.78 Å². The maximum atomic E-state index is 12.3. The molecule has 74 valence electrons. The number of fused-ring (bicyclic) bond motifs is 1. The van der Waals surface area contributed by atoms with E-state index in [-0.39, 0.29) is 57.2 Å². The molecule has 0 radical (unpaired) electrons. The molecule has 0 saturated heterocycles. The van der Waals surface area contributed by atoms with Crippen molar-refractivity contribution in [2.45, 2.75) is 12.8 Å². The third-order valence-corrected chi connectivity index (χ3v) is 2.43. The van der Waals surface area contributed by atoms with Crippen LogP contribution in [0.15, 0.2) is 18.2 Å². The number of aryl methyl sites for hydroxylation is 1. The second-order valence-electron chi connectivity index (χ2n) is 3.41. The SMILES string of the molecule is O=C1CCc2cc([B-](F)(F)F)ccc21.[K+]. The number of benzene rings is 1. The van der Waals surface area contributed by atoms with Gasteiger partial charge in [-0.3, -0.25) is 4.79 Å². The normalized spacial score (nSPS) is 14.7. The molecule has 1 aromatic rings. The van der Waals surface area contributed by atoms with Crippen LogP contribution >= 0.6 is 0 Å². The Hall–Kier alpha value is 0.381. The minimum Gasteiger partial charge on any atom is -0.445 e. The summed E-state index contributed by atoms with van der Waals surface area (Å²) in [6.45, 7) is -4.94. The molecular weight excluding hydrogens is 231 g/mol. The molecule has 15 heavy (non-hydrogen) atoms. The largest absolute Gasteiger partial charge is 1.00 e. The van der Waals surface area contributed by atoms with E-state index in [2.05, 4.69) is 0 Å². The Kier molecular flexibility index (Phi) is 4.22. The third kappa shape index (κ3) is 2.74. The summed E-state index contributed by atoms with van der Waals surface area (Å²) in [5.41, 5.74) is 0.374. The van der Waals surface area contributed by atoms with Gasteiger partial charge in [0.2, 0.25) is 0 Å². The summed E-state index contributed by atoms with van der Waals surface area (Å²) >= 11 is 0. The van der Waals surface area contributed by atoms with Crippen LogP contribution in [0.3, 0.4) is 0 Å². The zero-order chi connectivity index (χ0) is 10.3. The summed E-state index contributed by atoms with van der Waals surface area (Å²) in [4.78, 5) is 11.2. The number of halogens is 3. The van der Waals surface area contributed by atoms with Gasteiger partial charge < -0.3 is 12.9 Å². The molecular formula is C9H7BF3KO. The van der Waals surface area contributed by atoms with Gasteiger partial charge in [-0.05, 0) is 12.0 Å². The van der Waals surface area contributed by atoms with Gasteiger partial charge in [0.25, 0.3) is 0 Å². The second kappa shape index (κ2) is 4.71. The van der Waals surface area contributed by atoms with Crippen LogP contribution in [0.2, 0.25) is 0 Å². The average Bonchev–Trinajstić information content (AvgIpc) is 2.46. The van der Waals surface area contributed by atoms with Gasteiger partial charge in [-0.15, -0.1) is 5.46 Å².